The Morgan fingerprint density at radius 1 is 0.380 bits per heavy atom. The average Bonchev–Trinajstić information content (AvgIpc) is 0.759. The van der Waals surface area contributed by atoms with E-state index < -0.39 is 80.5 Å². The number of nitrogens with zero attached hydrogens (tertiary/aromatic N) is 1. The molecule has 121 heavy (non-hydrogen) atoms. The van der Waals surface area contributed by atoms with E-state index in [4.69, 9.17) is 24.1 Å². The molecule has 26 heteroatoms. The Morgan fingerprint density at radius 2 is 0.636 bits per heavy atom. The van der Waals surface area contributed by atoms with Crippen LogP contribution in [0.3, 0.4) is 0 Å². The van der Waals surface area contributed by atoms with Gasteiger partial charge in [-0.15, -0.1) is 24.8 Å². The number of carbonyl (C=O) groups is 7. The molecule has 0 atom stereocenters. The van der Waals surface area contributed by atoms with E-state index >= 15 is 0 Å². The maximum atomic E-state index is 13.9. The van der Waals surface area contributed by atoms with Gasteiger partial charge in [0.1, 0.15) is 97.0 Å². The number of benzene rings is 10. The molecule has 4 fully saturated rings. The van der Waals surface area contributed by atoms with Crippen LogP contribution in [0.25, 0.3) is 33.4 Å². The number of halogens is 9. The fourth-order valence-electron chi connectivity index (χ4n) is 15.8. The first-order valence-electron chi connectivity index (χ1n) is 37.6. The van der Waals surface area contributed by atoms with E-state index in [1.165, 1.54) is 24.6 Å². The fourth-order valence-corrected chi connectivity index (χ4v) is 16.2. The normalized spacial score (nSPS) is 16.0. The highest BCUT2D eigenvalue weighted by molar-refractivity contribution is 9.10. The number of ketones is 4. The van der Waals surface area contributed by atoms with E-state index in [2.05, 4.69) is 42.1 Å². The number of nitrogens with one attached hydrogen (secondary N) is 4. The maximum Gasteiger partial charge on any atom is 0.261 e. The zero-order valence-corrected chi connectivity index (χ0v) is 67.7. The number of anilines is 3. The van der Waals surface area contributed by atoms with Crippen molar-refractivity contribution in [2.75, 3.05) is 56.3 Å². The molecule has 0 unspecified atom stereocenters. The van der Waals surface area contributed by atoms with Crippen molar-refractivity contribution in [1.82, 2.24) is 10.2 Å². The molecule has 2 saturated carbocycles. The summed E-state index contributed by atoms with van der Waals surface area (Å²) in [7, 11) is 3.00. The van der Waals surface area contributed by atoms with Crippen LogP contribution in [0.4, 0.5) is 43.4 Å². The summed E-state index contributed by atoms with van der Waals surface area (Å²) in [5.41, 5.74) is 9.76. The van der Waals surface area contributed by atoms with Gasteiger partial charge in [0.15, 0.2) is 23.1 Å². The van der Waals surface area contributed by atoms with Crippen molar-refractivity contribution in [3.63, 3.8) is 0 Å². The quantitative estimate of drug-likeness (QED) is 0.0847. The minimum Gasteiger partial charge on any atom is -0.486 e. The summed E-state index contributed by atoms with van der Waals surface area (Å²) in [6.07, 6.45) is 7.85. The number of aliphatic hydroxyl groups excluding tert-OH is 1. The number of likely N-dealkylation sites (tertiary alicyclic amines) is 1. The Labute approximate surface area is 721 Å². The number of fused-ring (bicyclic) bond motifs is 4. The summed E-state index contributed by atoms with van der Waals surface area (Å²) >= 11 is 3.48. The van der Waals surface area contributed by atoms with Crippen molar-refractivity contribution in [2.45, 2.75) is 144 Å². The number of hydrogen-bond acceptors (Lipinski definition) is 14. The Hall–Kier alpha value is -11.0. The third-order valence-corrected chi connectivity index (χ3v) is 23.0. The minimum atomic E-state index is -0.919. The van der Waals surface area contributed by atoms with E-state index in [1.54, 1.807) is 60.7 Å². The van der Waals surface area contributed by atoms with Gasteiger partial charge in [-0.05, 0) is 250 Å². The number of carbonyl (C=O) groups excluding carboxylic acids is 7. The molecular weight excluding hydrogens is 1670 g/mol. The molecule has 0 aromatic heterocycles. The molecule has 3 amide bonds. The SMILES string of the molecule is C.C.C.C.CO.Cc1cc2c(cc1-c1ccc(NC(=O)c3c(F)cccc3F)cc1)OC1(CC2=O)CN(C)C1.Cc1cc2c(cc1-c1ccc(NC(=O)c3c(F)cccc3F)cc1)OC1(CCC1)CC2=O.Cc1cc2c(cc1-c1ccc(NC(=O)c3c(F)cccc3F)cc1)OC1(CNC1)CC2=O.Cc1cc2c(cc1Br)OC1(CCC1)CC2=O.Cl.Cl. The van der Waals surface area contributed by atoms with E-state index in [9.17, 15) is 59.9 Å². The van der Waals surface area contributed by atoms with Gasteiger partial charge < -0.3 is 45.3 Å². The number of likely N-dealkylation sites (N-methyl/N-ethyl adjacent to an activating group) is 1. The van der Waals surface area contributed by atoms with Gasteiger partial charge in [0.05, 0.1) is 47.9 Å². The maximum absolute atomic E-state index is 13.9. The summed E-state index contributed by atoms with van der Waals surface area (Å²) in [5.74, 6) is -4.98. The second kappa shape index (κ2) is 38.8. The van der Waals surface area contributed by atoms with Crippen LogP contribution in [0.15, 0.2) is 180 Å². The Morgan fingerprint density at radius 3 is 0.901 bits per heavy atom. The van der Waals surface area contributed by atoms with Gasteiger partial charge in [-0.2, -0.15) is 0 Å². The molecule has 8 aliphatic rings. The van der Waals surface area contributed by atoms with Crippen molar-refractivity contribution < 1.29 is 84.0 Å². The first kappa shape index (κ1) is 95.5. The fraction of sp³-hybridized carbons (Fsp3) is 0.295. The number of Topliss-reactive ketones (excluding diaryl/α,β-unsaturated/α-hetero) is 4. The number of aliphatic hydroxyl groups is 1. The molecule has 6 aliphatic heterocycles. The number of hydrogen-bond donors (Lipinski definition) is 5. The summed E-state index contributed by atoms with van der Waals surface area (Å²) in [5, 5.41) is 17.7. The van der Waals surface area contributed by atoms with Crippen LogP contribution < -0.4 is 40.2 Å². The van der Waals surface area contributed by atoms with E-state index in [0.717, 1.165) is 160 Å². The van der Waals surface area contributed by atoms with Gasteiger partial charge in [-0.1, -0.05) is 100 Å². The number of ether oxygens (including phenoxy) is 4. The van der Waals surface area contributed by atoms with Gasteiger partial charge in [0, 0.05) is 54.8 Å². The van der Waals surface area contributed by atoms with Crippen molar-refractivity contribution in [2.24, 2.45) is 0 Å². The minimum absolute atomic E-state index is 0. The molecule has 2 saturated heterocycles. The molecule has 5 N–H and O–H groups in total. The molecule has 10 aromatic rings. The summed E-state index contributed by atoms with van der Waals surface area (Å²) in [4.78, 5) is 89.1. The van der Waals surface area contributed by atoms with Gasteiger partial charge in [0.2, 0.25) is 0 Å². The van der Waals surface area contributed by atoms with E-state index in [1.807, 2.05) is 95.4 Å². The molecule has 2 aliphatic carbocycles. The summed E-state index contributed by atoms with van der Waals surface area (Å²) in [6.45, 7) is 10.5. The number of amides is 3. The highest BCUT2D eigenvalue weighted by Gasteiger charge is 2.50. The predicted octanol–water partition coefficient (Wildman–Crippen LogP) is 22.1. The lowest BCUT2D eigenvalue weighted by Crippen LogP contribution is -2.65. The molecule has 10 aromatic carbocycles. The van der Waals surface area contributed by atoms with Crippen LogP contribution in [0.2, 0.25) is 0 Å². The lowest BCUT2D eigenvalue weighted by molar-refractivity contribution is -0.0689. The summed E-state index contributed by atoms with van der Waals surface area (Å²) < 4.78 is 109. The highest BCUT2D eigenvalue weighted by atomic mass is 79.9. The van der Waals surface area contributed by atoms with Crippen molar-refractivity contribution in [3.8, 4) is 56.4 Å². The lowest BCUT2D eigenvalue weighted by Gasteiger charge is -2.50. The van der Waals surface area contributed by atoms with Gasteiger partial charge in [-0.3, -0.25) is 38.5 Å². The topological polar surface area (TPSA) is 228 Å². The van der Waals surface area contributed by atoms with Crippen LogP contribution in [0.5, 0.6) is 23.0 Å². The monoisotopic (exact) mass is 1760 g/mol. The highest BCUT2D eigenvalue weighted by Crippen LogP contribution is 2.49. The van der Waals surface area contributed by atoms with Crippen LogP contribution >= 0.6 is 40.7 Å². The Kier molecular flexibility index (Phi) is 30.6. The van der Waals surface area contributed by atoms with Crippen molar-refractivity contribution >= 4 is 98.7 Å². The molecule has 638 valence electrons. The largest absolute Gasteiger partial charge is 0.486 e. The Balaban J connectivity index is 0.000000200. The zero-order chi connectivity index (χ0) is 81.6. The third-order valence-electron chi connectivity index (χ3n) is 22.1. The first-order valence-corrected chi connectivity index (χ1v) is 38.4. The molecule has 0 radical (unpaired) electrons. The molecule has 18 rings (SSSR count). The van der Waals surface area contributed by atoms with Gasteiger partial charge >= 0.3 is 0 Å². The van der Waals surface area contributed by atoms with Gasteiger partial charge in [0.25, 0.3) is 17.7 Å². The zero-order valence-electron chi connectivity index (χ0n) is 64.5. The summed E-state index contributed by atoms with van der Waals surface area (Å²) in [6, 6.07) is 45.8. The molecule has 17 nitrogen and oxygen atoms in total. The molecule has 0 bridgehead atoms. The van der Waals surface area contributed by atoms with E-state index in [-0.39, 0.29) is 88.9 Å². The number of rotatable bonds is 9. The molecule has 6 heterocycles. The first-order chi connectivity index (χ1) is 55.0. The molecular formula is C95H98BrCl2F6N5O12. The predicted molar refractivity (Wildman–Crippen MR) is 469 cm³/mol. The van der Waals surface area contributed by atoms with Crippen molar-refractivity contribution in [1.29, 1.82) is 0 Å². The average molecular weight is 1770 g/mol. The Bertz CT molecular complexity index is 5350. The lowest BCUT2D eigenvalue weighted by atomic mass is 9.74. The smallest absolute Gasteiger partial charge is 0.261 e. The van der Waals surface area contributed by atoms with Crippen LogP contribution in [-0.2, 0) is 0 Å². The molecule has 4 spiro atoms. The van der Waals surface area contributed by atoms with Crippen LogP contribution in [0.1, 0.15) is 189 Å². The third kappa shape index (κ3) is 19.8. The van der Waals surface area contributed by atoms with E-state index in [0.29, 0.717) is 89.8 Å². The number of aryl methyl sites for hydroxylation is 4. The standard InChI is InChI=1S/C26H22F2N2O3.C26H21F2NO3.C25H20F2N2O3.C13H13BrO2.CH4O.4CH4.2ClH/c1-15-10-19-22(31)12-26(13-30(2)14-26)33-23(19)11-18(15)16-6-8-17(9-7-16)29-25(32)24-20(27)4-3-5-21(24)28;1-15-12-19-22(30)14-26(10-3-11-26)32-23(19)13-18(15)16-6-8-17(9-7-16)29-25(31)24-20(27)4-2-5-21(24)28;1-14-9-18-21(30)11-25(12-28-13-25)32-22(18)10-17(14)15-5-7-16(8-6-15)29-24(31)23-19(26)3-2-4-20(23)27;1-8-5-9-11(15)7-13(3-2-4-13)16-12(9)6-10(8)14;1-2;;;;;;/h3-11H,12-14H2,1-2H3,(H,29,32);2,4-9,12-13H,3,10-11,14H2,1H3,(H,29,31);2-10,28H,11-13H2,1H3,(H,29,31);5-6H,2-4,7H2,1H3;2H,1H3;4*1H4;2*1H. The van der Waals surface area contributed by atoms with Crippen LogP contribution in [-0.4, -0.2) is 114 Å². The van der Waals surface area contributed by atoms with Gasteiger partial charge in [-0.25, -0.2) is 26.3 Å². The second-order valence-electron chi connectivity index (χ2n) is 30.5. The van der Waals surface area contributed by atoms with Crippen LogP contribution in [0, 0.1) is 62.6 Å². The second-order valence-corrected chi connectivity index (χ2v) is 31.3. The van der Waals surface area contributed by atoms with Crippen molar-refractivity contribution in [3.05, 3.63) is 276 Å².